The molecule has 2 unspecified atom stereocenters. The van der Waals surface area contributed by atoms with Gasteiger partial charge in [-0.15, -0.1) is 0 Å². The molecular weight excluding hydrogens is 717 g/mol. The van der Waals surface area contributed by atoms with Crippen LogP contribution in [0.15, 0.2) is 206 Å². The third-order valence-corrected chi connectivity index (χ3v) is 13.2. The van der Waals surface area contributed by atoms with E-state index in [1.807, 2.05) is 0 Å². The molecular formula is C55H38N4. The number of aromatic nitrogens is 3. The van der Waals surface area contributed by atoms with Crippen LogP contribution in [0.4, 0.5) is 11.4 Å². The summed E-state index contributed by atoms with van der Waals surface area (Å²) in [5, 5.41) is 7.53. The molecule has 0 amide bonds. The molecule has 278 valence electrons. The number of hydrogen-bond acceptors (Lipinski definition) is 1. The van der Waals surface area contributed by atoms with Crippen molar-refractivity contribution in [3.05, 3.63) is 212 Å². The lowest BCUT2D eigenvalue weighted by Gasteiger charge is -2.39. The monoisotopic (exact) mass is 754 g/mol. The number of benzene rings is 8. The second kappa shape index (κ2) is 12.0. The van der Waals surface area contributed by atoms with E-state index in [9.17, 15) is 0 Å². The van der Waals surface area contributed by atoms with Gasteiger partial charge in [-0.3, -0.25) is 0 Å². The largest absolute Gasteiger partial charge is 0.330 e. The van der Waals surface area contributed by atoms with Crippen molar-refractivity contribution in [2.24, 2.45) is 0 Å². The highest BCUT2D eigenvalue weighted by Gasteiger charge is 2.48. The van der Waals surface area contributed by atoms with Crippen molar-refractivity contribution < 1.29 is 0 Å². The summed E-state index contributed by atoms with van der Waals surface area (Å²) in [6.07, 6.45) is 9.20. The third kappa shape index (κ3) is 4.38. The highest BCUT2D eigenvalue weighted by Crippen LogP contribution is 2.57. The Morgan fingerprint density at radius 3 is 1.54 bits per heavy atom. The Labute approximate surface area is 341 Å². The Balaban J connectivity index is 1.07. The zero-order chi connectivity index (χ0) is 38.8. The first kappa shape index (κ1) is 32.5. The van der Waals surface area contributed by atoms with E-state index in [1.165, 1.54) is 88.0 Å². The molecule has 0 radical (unpaired) electrons. The van der Waals surface area contributed by atoms with Crippen molar-refractivity contribution in [2.75, 3.05) is 4.90 Å². The van der Waals surface area contributed by atoms with Crippen molar-refractivity contribution >= 4 is 76.8 Å². The van der Waals surface area contributed by atoms with Gasteiger partial charge in [-0.05, 0) is 91.3 Å². The maximum absolute atomic E-state index is 2.59. The molecule has 4 heterocycles. The van der Waals surface area contributed by atoms with E-state index in [-0.39, 0.29) is 11.5 Å². The summed E-state index contributed by atoms with van der Waals surface area (Å²) >= 11 is 0. The molecule has 0 bridgehead atoms. The Hall–Kier alpha value is -7.56. The first-order chi connectivity index (χ1) is 29.2. The van der Waals surface area contributed by atoms with Gasteiger partial charge in [0.2, 0.25) is 0 Å². The summed E-state index contributed by atoms with van der Waals surface area (Å²) in [6.45, 7) is 2.39. The van der Waals surface area contributed by atoms with Gasteiger partial charge in [0, 0.05) is 61.0 Å². The second-order valence-corrected chi connectivity index (χ2v) is 16.3. The van der Waals surface area contributed by atoms with Crippen molar-refractivity contribution in [3.63, 3.8) is 0 Å². The van der Waals surface area contributed by atoms with Crippen LogP contribution in [0.25, 0.3) is 82.5 Å². The van der Waals surface area contributed by atoms with E-state index in [1.54, 1.807) is 0 Å². The average Bonchev–Trinajstić information content (AvgIpc) is 3.99. The fourth-order valence-corrected chi connectivity index (χ4v) is 10.7. The molecule has 0 spiro atoms. The van der Waals surface area contributed by atoms with Crippen LogP contribution in [0.1, 0.15) is 18.4 Å². The Morgan fingerprint density at radius 1 is 0.390 bits per heavy atom. The summed E-state index contributed by atoms with van der Waals surface area (Å²) in [5.74, 6) is 0.237. The van der Waals surface area contributed by atoms with E-state index >= 15 is 0 Å². The van der Waals surface area contributed by atoms with Gasteiger partial charge in [0.05, 0.1) is 44.3 Å². The molecule has 1 aliphatic heterocycles. The van der Waals surface area contributed by atoms with Gasteiger partial charge >= 0.3 is 0 Å². The number of para-hydroxylation sites is 5. The van der Waals surface area contributed by atoms with E-state index in [4.69, 9.17) is 0 Å². The Bertz CT molecular complexity index is 3580. The van der Waals surface area contributed by atoms with Crippen LogP contribution in [0.5, 0.6) is 0 Å². The highest BCUT2D eigenvalue weighted by molar-refractivity contribution is 6.20. The molecule has 0 fully saturated rings. The van der Waals surface area contributed by atoms with Gasteiger partial charge in [-0.25, -0.2) is 0 Å². The van der Waals surface area contributed by atoms with E-state index in [0.29, 0.717) is 0 Å². The smallest absolute Gasteiger partial charge is 0.0712 e. The van der Waals surface area contributed by atoms with E-state index in [2.05, 4.69) is 232 Å². The predicted molar refractivity (Wildman–Crippen MR) is 247 cm³/mol. The van der Waals surface area contributed by atoms with Crippen LogP contribution >= 0.6 is 0 Å². The van der Waals surface area contributed by atoms with Crippen LogP contribution in [-0.2, 0) is 0 Å². The molecule has 0 saturated heterocycles. The van der Waals surface area contributed by atoms with Gasteiger partial charge in [0.1, 0.15) is 0 Å². The van der Waals surface area contributed by atoms with Gasteiger partial charge in [0.15, 0.2) is 0 Å². The summed E-state index contributed by atoms with van der Waals surface area (Å²) in [4.78, 5) is 2.59. The minimum atomic E-state index is -0.231. The quantitative estimate of drug-likeness (QED) is 0.175. The normalized spacial score (nSPS) is 17.3. The van der Waals surface area contributed by atoms with Crippen molar-refractivity contribution in [3.8, 4) is 17.1 Å². The summed E-state index contributed by atoms with van der Waals surface area (Å²) in [5.41, 5.74) is 14.3. The average molecular weight is 755 g/mol. The van der Waals surface area contributed by atoms with Crippen molar-refractivity contribution in [1.82, 2.24) is 13.7 Å². The van der Waals surface area contributed by atoms with E-state index < -0.39 is 0 Å². The molecule has 2 aliphatic rings. The summed E-state index contributed by atoms with van der Waals surface area (Å²) < 4.78 is 7.36. The Morgan fingerprint density at radius 2 is 0.898 bits per heavy atom. The number of allylic oxidation sites excluding steroid dienone is 2. The number of fused-ring (bicyclic) bond motifs is 13. The number of nitrogens with zero attached hydrogens (tertiary/aromatic N) is 4. The van der Waals surface area contributed by atoms with E-state index in [0.717, 1.165) is 11.4 Å². The minimum absolute atomic E-state index is 0.231. The first-order valence-corrected chi connectivity index (χ1v) is 20.6. The zero-order valence-electron chi connectivity index (χ0n) is 32.5. The SMILES string of the molecule is CC12C=CC=CC1c1ccc3c(c1N2c1ccccc1)c1ccccc1n3-c1cccc(-n2c3ccccc3c3cc4c(cc32)c2ccccc2n4-c2ccccc2)c1. The van der Waals surface area contributed by atoms with Gasteiger partial charge < -0.3 is 18.6 Å². The lowest BCUT2D eigenvalue weighted by molar-refractivity contribution is 0.542. The van der Waals surface area contributed by atoms with Crippen LogP contribution in [0, 0.1) is 0 Å². The maximum atomic E-state index is 2.59. The van der Waals surface area contributed by atoms with Gasteiger partial charge in [-0.1, -0.05) is 127 Å². The number of rotatable bonds is 4. The minimum Gasteiger partial charge on any atom is -0.330 e. The number of hydrogen-bond donors (Lipinski definition) is 0. The fraction of sp³-hybridized carbons (Fsp3) is 0.0545. The fourth-order valence-electron chi connectivity index (χ4n) is 10.7. The lowest BCUT2D eigenvalue weighted by atomic mass is 9.80. The summed E-state index contributed by atoms with van der Waals surface area (Å²) in [7, 11) is 0. The molecule has 11 aromatic rings. The molecule has 8 aromatic carbocycles. The van der Waals surface area contributed by atoms with Crippen LogP contribution in [0.3, 0.4) is 0 Å². The highest BCUT2D eigenvalue weighted by atomic mass is 15.2. The topological polar surface area (TPSA) is 18.0 Å². The molecule has 4 heteroatoms. The Kier molecular flexibility index (Phi) is 6.60. The molecule has 59 heavy (non-hydrogen) atoms. The third-order valence-electron chi connectivity index (χ3n) is 13.2. The molecule has 0 N–H and O–H groups in total. The van der Waals surface area contributed by atoms with Crippen LogP contribution in [-0.4, -0.2) is 19.2 Å². The van der Waals surface area contributed by atoms with Gasteiger partial charge in [-0.2, -0.15) is 0 Å². The van der Waals surface area contributed by atoms with Crippen molar-refractivity contribution in [2.45, 2.75) is 18.4 Å². The molecule has 0 saturated carbocycles. The van der Waals surface area contributed by atoms with Crippen molar-refractivity contribution in [1.29, 1.82) is 0 Å². The zero-order valence-corrected chi connectivity index (χ0v) is 32.5. The number of anilines is 2. The molecule has 1 aliphatic carbocycles. The standard InChI is InChI=1S/C55H38N4/c1-55-32-15-14-26-46(55)42-30-31-50-53(54(42)59(55)37-19-6-3-7-20-37)43-25-10-13-29-49(43)57(50)38-21-16-22-39(33-38)58-48-28-12-9-24-41(48)45-34-51-44(35-52(45)58)40-23-8-11-27-47(40)56(51)36-17-4-2-5-18-36/h2-35,46H,1H3. The second-order valence-electron chi connectivity index (χ2n) is 16.3. The predicted octanol–water partition coefficient (Wildman–Crippen LogP) is 14.1. The van der Waals surface area contributed by atoms with Crippen LogP contribution in [0.2, 0.25) is 0 Å². The molecule has 2 atom stereocenters. The maximum Gasteiger partial charge on any atom is 0.0712 e. The van der Waals surface area contributed by atoms with Crippen LogP contribution < -0.4 is 4.90 Å². The molecule has 3 aromatic heterocycles. The molecule has 13 rings (SSSR count). The first-order valence-electron chi connectivity index (χ1n) is 20.6. The summed E-state index contributed by atoms with van der Waals surface area (Å²) in [6, 6.07) is 67.0. The lowest BCUT2D eigenvalue weighted by Crippen LogP contribution is -2.41. The molecule has 4 nitrogen and oxygen atoms in total. The van der Waals surface area contributed by atoms with Gasteiger partial charge in [0.25, 0.3) is 0 Å².